The second kappa shape index (κ2) is 7.34. The number of esters is 1. The summed E-state index contributed by atoms with van der Waals surface area (Å²) in [6.07, 6.45) is 1.44. The molecule has 7 heteroatoms. The lowest BCUT2D eigenvalue weighted by Crippen LogP contribution is -2.33. The van der Waals surface area contributed by atoms with Gasteiger partial charge in [-0.15, -0.1) is 0 Å². The lowest BCUT2D eigenvalue weighted by Gasteiger charge is -2.17. The number of carbonyl (C=O) groups excluding carboxylic acids is 1. The minimum absolute atomic E-state index is 0.0803. The smallest absolute Gasteiger partial charge is 0.409 e. The van der Waals surface area contributed by atoms with Crippen molar-refractivity contribution in [2.24, 2.45) is 0 Å². The lowest BCUT2D eigenvalue weighted by atomic mass is 10.3. The maximum Gasteiger partial charge on any atom is 0.409 e. The zero-order chi connectivity index (χ0) is 14.3. The molecule has 0 heterocycles. The molecule has 1 rings (SSSR count). The summed E-state index contributed by atoms with van der Waals surface area (Å²) in [5.41, 5.74) is 0. The number of nitrogens with one attached hydrogen (secondary N) is 1. The van der Waals surface area contributed by atoms with Crippen LogP contribution in [0.5, 0.6) is 5.75 Å². The summed E-state index contributed by atoms with van der Waals surface area (Å²) in [6, 6.07) is 7.58. The van der Waals surface area contributed by atoms with Gasteiger partial charge in [0.25, 0.3) is 0 Å². The average molecular weight is 304 g/mol. The van der Waals surface area contributed by atoms with Crippen LogP contribution in [0.2, 0.25) is 0 Å². The Kier molecular flexibility index (Phi) is 6.09. The van der Waals surface area contributed by atoms with Crippen LogP contribution in [0, 0.1) is 0 Å². The highest BCUT2D eigenvalue weighted by Gasteiger charge is 2.27. The molecular formula is C12H15ClNO4P. The fraction of sp³-hybridized carbons (Fsp3) is 0.250. The van der Waals surface area contributed by atoms with E-state index in [0.29, 0.717) is 5.75 Å². The predicted molar refractivity (Wildman–Crippen MR) is 74.3 cm³/mol. The highest BCUT2D eigenvalue weighted by molar-refractivity contribution is 7.84. The van der Waals surface area contributed by atoms with Gasteiger partial charge in [-0.2, -0.15) is 0 Å². The van der Waals surface area contributed by atoms with Crippen molar-refractivity contribution in [2.75, 3.05) is 6.61 Å². The molecule has 0 aliphatic carbocycles. The molecule has 0 aliphatic heterocycles. The molecule has 0 fully saturated rings. The van der Waals surface area contributed by atoms with E-state index < -0.39 is 18.9 Å². The van der Waals surface area contributed by atoms with Crippen LogP contribution in [0.4, 0.5) is 0 Å². The van der Waals surface area contributed by atoms with Crippen molar-refractivity contribution in [3.8, 4) is 5.75 Å². The molecule has 19 heavy (non-hydrogen) atoms. The Balaban J connectivity index is 2.56. The first-order chi connectivity index (χ1) is 8.94. The summed E-state index contributed by atoms with van der Waals surface area (Å²) in [7, 11) is 0. The summed E-state index contributed by atoms with van der Waals surface area (Å²) >= 11 is 5.74. The standard InChI is InChI=1S/C12H15ClNO4P/c1-3-9-17-12(15)10(2)14-19(13,16)18-11-7-5-4-6-8-11/h3-8,10H,1,9H2,2H3,(H,14,16). The predicted octanol–water partition coefficient (Wildman–Crippen LogP) is 3.12. The summed E-state index contributed by atoms with van der Waals surface area (Å²) in [5.74, 6) is -0.238. The zero-order valence-electron chi connectivity index (χ0n) is 10.4. The van der Waals surface area contributed by atoms with Crippen molar-refractivity contribution in [3.63, 3.8) is 0 Å². The van der Waals surface area contributed by atoms with Crippen LogP contribution in [0.1, 0.15) is 6.92 Å². The van der Waals surface area contributed by atoms with Crippen LogP contribution < -0.4 is 9.61 Å². The molecule has 0 aromatic heterocycles. The van der Waals surface area contributed by atoms with Gasteiger partial charge in [-0.1, -0.05) is 30.9 Å². The van der Waals surface area contributed by atoms with E-state index in [9.17, 15) is 9.36 Å². The Labute approximate surface area is 116 Å². The van der Waals surface area contributed by atoms with E-state index in [0.717, 1.165) is 0 Å². The van der Waals surface area contributed by atoms with Gasteiger partial charge in [-0.05, 0) is 19.1 Å². The van der Waals surface area contributed by atoms with E-state index in [1.54, 1.807) is 30.3 Å². The van der Waals surface area contributed by atoms with E-state index in [1.165, 1.54) is 13.0 Å². The van der Waals surface area contributed by atoms with Crippen molar-refractivity contribution in [3.05, 3.63) is 43.0 Å². The molecule has 1 N–H and O–H groups in total. The third-order valence-corrected chi connectivity index (χ3v) is 3.65. The molecule has 0 saturated heterocycles. The van der Waals surface area contributed by atoms with Crippen LogP contribution >= 0.6 is 18.1 Å². The topological polar surface area (TPSA) is 64.6 Å². The molecular weight excluding hydrogens is 289 g/mol. The fourth-order valence-corrected chi connectivity index (χ4v) is 2.89. The van der Waals surface area contributed by atoms with Crippen LogP contribution in [0.3, 0.4) is 0 Å². The van der Waals surface area contributed by atoms with Crippen LogP contribution in [0.15, 0.2) is 43.0 Å². The molecule has 5 nitrogen and oxygen atoms in total. The van der Waals surface area contributed by atoms with Crippen LogP contribution in [-0.4, -0.2) is 18.6 Å². The molecule has 0 bridgehead atoms. The number of rotatable bonds is 7. The van der Waals surface area contributed by atoms with E-state index >= 15 is 0 Å². The average Bonchev–Trinajstić information content (AvgIpc) is 2.35. The van der Waals surface area contributed by atoms with Gasteiger partial charge < -0.3 is 9.26 Å². The maximum atomic E-state index is 12.0. The summed E-state index contributed by atoms with van der Waals surface area (Å²) in [5, 5.41) is 2.40. The molecule has 1 aromatic rings. The highest BCUT2D eigenvalue weighted by atomic mass is 35.7. The number of ether oxygens (including phenoxy) is 1. The first-order valence-corrected chi connectivity index (χ1v) is 8.07. The lowest BCUT2D eigenvalue weighted by molar-refractivity contribution is -0.143. The van der Waals surface area contributed by atoms with Gasteiger partial charge in [0, 0.05) is 11.2 Å². The third-order valence-electron chi connectivity index (χ3n) is 2.01. The SMILES string of the molecule is C=CCOC(=O)C(C)NP(=O)(Cl)Oc1ccccc1. The van der Waals surface area contributed by atoms with Gasteiger partial charge >= 0.3 is 12.8 Å². The summed E-state index contributed by atoms with van der Waals surface area (Å²) < 4.78 is 21.9. The molecule has 0 spiro atoms. The third kappa shape index (κ3) is 5.92. The van der Waals surface area contributed by atoms with E-state index in [1.807, 2.05) is 0 Å². The first kappa shape index (κ1) is 15.8. The fourth-order valence-electron chi connectivity index (χ4n) is 1.19. The van der Waals surface area contributed by atoms with E-state index in [4.69, 9.17) is 20.5 Å². The van der Waals surface area contributed by atoms with Crippen LogP contribution in [0.25, 0.3) is 0 Å². The second-order valence-corrected chi connectivity index (χ2v) is 6.39. The van der Waals surface area contributed by atoms with Crippen molar-refractivity contribution < 1.29 is 18.6 Å². The number of carbonyl (C=O) groups is 1. The zero-order valence-corrected chi connectivity index (χ0v) is 12.1. The van der Waals surface area contributed by atoms with Gasteiger partial charge in [0.05, 0.1) is 0 Å². The van der Waals surface area contributed by atoms with E-state index in [2.05, 4.69) is 11.7 Å². The van der Waals surface area contributed by atoms with Crippen molar-refractivity contribution in [2.45, 2.75) is 13.0 Å². The normalized spacial score (nSPS) is 15.1. The number of hydrogen-bond acceptors (Lipinski definition) is 4. The van der Waals surface area contributed by atoms with Gasteiger partial charge in [0.15, 0.2) is 0 Å². The molecule has 2 atom stereocenters. The quantitative estimate of drug-likeness (QED) is 0.476. The Hall–Kier alpha value is -1.29. The minimum Gasteiger partial charge on any atom is -0.460 e. The van der Waals surface area contributed by atoms with E-state index in [-0.39, 0.29) is 6.61 Å². The largest absolute Gasteiger partial charge is 0.460 e. The number of para-hydroxylation sites is 1. The van der Waals surface area contributed by atoms with Crippen molar-refractivity contribution in [1.82, 2.24) is 5.09 Å². The van der Waals surface area contributed by atoms with Crippen LogP contribution in [-0.2, 0) is 14.1 Å². The molecule has 0 amide bonds. The molecule has 0 aliphatic rings. The van der Waals surface area contributed by atoms with Gasteiger partial charge in [-0.25, -0.2) is 9.65 Å². The highest BCUT2D eigenvalue weighted by Crippen LogP contribution is 2.48. The number of benzene rings is 1. The van der Waals surface area contributed by atoms with Gasteiger partial charge in [0.2, 0.25) is 0 Å². The number of hydrogen-bond donors (Lipinski definition) is 1. The summed E-state index contributed by atoms with van der Waals surface area (Å²) in [4.78, 5) is 11.5. The Morgan fingerprint density at radius 2 is 2.16 bits per heavy atom. The second-order valence-electron chi connectivity index (χ2n) is 3.65. The Morgan fingerprint density at radius 1 is 1.53 bits per heavy atom. The Bertz CT molecular complexity index is 480. The monoisotopic (exact) mass is 303 g/mol. The van der Waals surface area contributed by atoms with Crippen molar-refractivity contribution in [1.29, 1.82) is 0 Å². The summed E-state index contributed by atoms with van der Waals surface area (Å²) in [6.45, 7) is 1.32. The molecule has 2 unspecified atom stereocenters. The first-order valence-electron chi connectivity index (χ1n) is 5.54. The molecule has 104 valence electrons. The minimum atomic E-state index is -3.66. The molecule has 1 aromatic carbocycles. The Morgan fingerprint density at radius 3 is 2.74 bits per heavy atom. The maximum absolute atomic E-state index is 12.0. The molecule has 0 saturated carbocycles. The van der Waals surface area contributed by atoms with Gasteiger partial charge in [0.1, 0.15) is 18.4 Å². The molecule has 0 radical (unpaired) electrons. The van der Waals surface area contributed by atoms with Gasteiger partial charge in [-0.3, -0.25) is 4.79 Å². The van der Waals surface area contributed by atoms with Crippen molar-refractivity contribution >= 4 is 24.1 Å². The number of halogens is 1.